The van der Waals surface area contributed by atoms with Gasteiger partial charge in [0.05, 0.1) is 21.3 Å². The van der Waals surface area contributed by atoms with Gasteiger partial charge in [0.25, 0.3) is 0 Å². The molecule has 0 atom stereocenters. The summed E-state index contributed by atoms with van der Waals surface area (Å²) < 4.78 is 0. The molecule has 0 aromatic heterocycles. The van der Waals surface area contributed by atoms with E-state index in [1.165, 1.54) is 12.1 Å². The van der Waals surface area contributed by atoms with E-state index >= 15 is 0 Å². The molecule has 0 spiro atoms. The summed E-state index contributed by atoms with van der Waals surface area (Å²) in [5.74, 6) is -1.39. The second kappa shape index (κ2) is 5.16. The van der Waals surface area contributed by atoms with E-state index < -0.39 is 11.4 Å². The van der Waals surface area contributed by atoms with E-state index in [0.717, 1.165) is 0 Å². The molecule has 98 valence electrons. The molecule has 1 rings (SSSR count). The highest BCUT2D eigenvalue weighted by atomic mass is 35.5. The molecule has 0 aliphatic rings. The summed E-state index contributed by atoms with van der Waals surface area (Å²) in [6, 6.07) is 2.49. The molecule has 0 saturated carbocycles. The quantitative estimate of drug-likeness (QED) is 0.873. The summed E-state index contributed by atoms with van der Waals surface area (Å²) >= 11 is 11.8. The third-order valence-corrected chi connectivity index (χ3v) is 2.80. The number of hydrogen-bond acceptors (Lipinski definition) is 2. The minimum absolute atomic E-state index is 0.0289. The fraction of sp³-hybridized carbons (Fsp3) is 0.333. The number of carbonyl (C=O) groups excluding carboxylic acids is 1. The van der Waals surface area contributed by atoms with Crippen molar-refractivity contribution in [3.05, 3.63) is 27.7 Å². The molecule has 0 unspecified atom stereocenters. The molecule has 4 nitrogen and oxygen atoms in total. The topological polar surface area (TPSA) is 66.4 Å². The van der Waals surface area contributed by atoms with E-state index in [9.17, 15) is 9.59 Å². The second-order valence-electron chi connectivity index (χ2n) is 4.82. The van der Waals surface area contributed by atoms with Crippen LogP contribution in [0.15, 0.2) is 12.1 Å². The maximum absolute atomic E-state index is 11.8. The molecule has 0 heterocycles. The van der Waals surface area contributed by atoms with Crippen molar-refractivity contribution >= 4 is 40.8 Å². The Morgan fingerprint density at radius 3 is 1.94 bits per heavy atom. The molecule has 0 saturated heterocycles. The van der Waals surface area contributed by atoms with Crippen LogP contribution in [0.25, 0.3) is 0 Å². The number of rotatable bonds is 2. The first kappa shape index (κ1) is 14.8. The molecule has 0 aliphatic carbocycles. The van der Waals surface area contributed by atoms with E-state index in [2.05, 4.69) is 5.32 Å². The number of hydrogen-bond donors (Lipinski definition) is 2. The number of carboxylic acid groups (broad SMARTS) is 1. The zero-order chi connectivity index (χ0) is 14.1. The fourth-order valence-corrected chi connectivity index (χ4v) is 1.70. The lowest BCUT2D eigenvalue weighted by molar-refractivity contribution is -0.123. The summed E-state index contributed by atoms with van der Waals surface area (Å²) in [6.07, 6.45) is 0. The maximum atomic E-state index is 11.8. The summed E-state index contributed by atoms with van der Waals surface area (Å²) in [6.45, 7) is 5.24. The Balaban J connectivity index is 3.12. The molecule has 1 amide bonds. The lowest BCUT2D eigenvalue weighted by Crippen LogP contribution is -2.27. The van der Waals surface area contributed by atoms with E-state index in [-0.39, 0.29) is 27.2 Å². The lowest BCUT2D eigenvalue weighted by atomic mass is 9.95. The van der Waals surface area contributed by atoms with Crippen molar-refractivity contribution in [1.29, 1.82) is 0 Å². The van der Waals surface area contributed by atoms with Gasteiger partial charge in [-0.2, -0.15) is 0 Å². The van der Waals surface area contributed by atoms with E-state index in [4.69, 9.17) is 28.3 Å². The molecule has 1 aromatic rings. The van der Waals surface area contributed by atoms with Crippen LogP contribution in [0.3, 0.4) is 0 Å². The van der Waals surface area contributed by atoms with Gasteiger partial charge >= 0.3 is 5.97 Å². The van der Waals surface area contributed by atoms with E-state index in [1.54, 1.807) is 20.8 Å². The van der Waals surface area contributed by atoms with Crippen LogP contribution >= 0.6 is 23.2 Å². The Morgan fingerprint density at radius 2 is 1.61 bits per heavy atom. The van der Waals surface area contributed by atoms with Crippen LogP contribution in [0.2, 0.25) is 10.0 Å². The number of amides is 1. The average molecular weight is 290 g/mol. The number of carboxylic acids is 1. The van der Waals surface area contributed by atoms with Gasteiger partial charge in [0.1, 0.15) is 0 Å². The van der Waals surface area contributed by atoms with Gasteiger partial charge in [0, 0.05) is 5.41 Å². The maximum Gasteiger partial charge on any atom is 0.335 e. The molecule has 1 aromatic carbocycles. The Kier molecular flexibility index (Phi) is 4.24. The SMILES string of the molecule is CC(C)(C)C(=O)Nc1c(Cl)cc(C(=O)O)cc1Cl. The van der Waals surface area contributed by atoms with Crippen LogP contribution < -0.4 is 5.32 Å². The van der Waals surface area contributed by atoms with Crippen molar-refractivity contribution in [3.8, 4) is 0 Å². The number of carbonyl (C=O) groups is 2. The molecule has 0 fully saturated rings. The lowest BCUT2D eigenvalue weighted by Gasteiger charge is -2.19. The van der Waals surface area contributed by atoms with Gasteiger partial charge in [-0.05, 0) is 12.1 Å². The third kappa shape index (κ3) is 3.37. The van der Waals surface area contributed by atoms with Crippen LogP contribution in [0.1, 0.15) is 31.1 Å². The van der Waals surface area contributed by atoms with Crippen LogP contribution in [-0.2, 0) is 4.79 Å². The van der Waals surface area contributed by atoms with E-state index in [1.807, 2.05) is 0 Å². The Morgan fingerprint density at radius 1 is 1.17 bits per heavy atom. The number of nitrogens with one attached hydrogen (secondary N) is 1. The number of anilines is 1. The Hall–Kier alpha value is -1.26. The number of benzene rings is 1. The van der Waals surface area contributed by atoms with E-state index in [0.29, 0.717) is 0 Å². The van der Waals surface area contributed by atoms with Gasteiger partial charge in [-0.15, -0.1) is 0 Å². The largest absolute Gasteiger partial charge is 0.478 e. The zero-order valence-electron chi connectivity index (χ0n) is 10.2. The van der Waals surface area contributed by atoms with Gasteiger partial charge < -0.3 is 10.4 Å². The first-order valence-electron chi connectivity index (χ1n) is 5.16. The van der Waals surface area contributed by atoms with Crippen LogP contribution in [0, 0.1) is 5.41 Å². The van der Waals surface area contributed by atoms with Crippen molar-refractivity contribution in [2.45, 2.75) is 20.8 Å². The first-order chi connectivity index (χ1) is 8.12. The van der Waals surface area contributed by atoms with Crippen molar-refractivity contribution in [2.24, 2.45) is 5.41 Å². The molecule has 0 bridgehead atoms. The van der Waals surface area contributed by atoms with Gasteiger partial charge in [0.2, 0.25) is 5.91 Å². The fourth-order valence-electron chi connectivity index (χ4n) is 1.12. The molecule has 0 radical (unpaired) electrons. The molecule has 0 aliphatic heterocycles. The smallest absolute Gasteiger partial charge is 0.335 e. The highest BCUT2D eigenvalue weighted by Gasteiger charge is 2.23. The van der Waals surface area contributed by atoms with Gasteiger partial charge in [0.15, 0.2) is 0 Å². The highest BCUT2D eigenvalue weighted by molar-refractivity contribution is 6.40. The number of aromatic carboxylic acids is 1. The second-order valence-corrected chi connectivity index (χ2v) is 5.64. The predicted octanol–water partition coefficient (Wildman–Crippen LogP) is 3.68. The van der Waals surface area contributed by atoms with Crippen molar-refractivity contribution in [3.63, 3.8) is 0 Å². The number of halogens is 2. The Labute approximate surface area is 115 Å². The minimum atomic E-state index is -1.13. The molecular formula is C12H13Cl2NO3. The average Bonchev–Trinajstić information content (AvgIpc) is 2.21. The molecule has 18 heavy (non-hydrogen) atoms. The van der Waals surface area contributed by atoms with Crippen molar-refractivity contribution < 1.29 is 14.7 Å². The monoisotopic (exact) mass is 289 g/mol. The predicted molar refractivity (Wildman–Crippen MR) is 71.5 cm³/mol. The summed E-state index contributed by atoms with van der Waals surface area (Å²) in [5.41, 5.74) is -0.403. The minimum Gasteiger partial charge on any atom is -0.478 e. The van der Waals surface area contributed by atoms with Crippen molar-refractivity contribution in [2.75, 3.05) is 5.32 Å². The van der Waals surface area contributed by atoms with Crippen molar-refractivity contribution in [1.82, 2.24) is 0 Å². The standard InChI is InChI=1S/C12H13Cl2NO3/c1-12(2,3)11(18)15-9-7(13)4-6(10(16)17)5-8(9)14/h4-5H,1-3H3,(H,15,18)(H,16,17). The third-order valence-electron chi connectivity index (χ3n) is 2.21. The summed E-state index contributed by atoms with van der Waals surface area (Å²) in [4.78, 5) is 22.6. The summed E-state index contributed by atoms with van der Waals surface area (Å²) in [5, 5.41) is 11.6. The zero-order valence-corrected chi connectivity index (χ0v) is 11.7. The normalized spacial score (nSPS) is 11.2. The van der Waals surface area contributed by atoms with Crippen LogP contribution in [0.4, 0.5) is 5.69 Å². The van der Waals surface area contributed by atoms with Crippen LogP contribution in [0.5, 0.6) is 0 Å². The van der Waals surface area contributed by atoms with Gasteiger partial charge in [-0.25, -0.2) is 4.79 Å². The van der Waals surface area contributed by atoms with Gasteiger partial charge in [-0.3, -0.25) is 4.79 Å². The summed E-state index contributed by atoms with van der Waals surface area (Å²) in [7, 11) is 0. The van der Waals surface area contributed by atoms with Gasteiger partial charge in [-0.1, -0.05) is 44.0 Å². The van der Waals surface area contributed by atoms with Crippen LogP contribution in [-0.4, -0.2) is 17.0 Å². The highest BCUT2D eigenvalue weighted by Crippen LogP contribution is 2.33. The Bertz CT molecular complexity index is 484. The molecule has 6 heteroatoms. The first-order valence-corrected chi connectivity index (χ1v) is 5.92. The molecule has 2 N–H and O–H groups in total. The molecular weight excluding hydrogens is 277 g/mol.